The lowest BCUT2D eigenvalue weighted by atomic mass is 10.3. The van der Waals surface area contributed by atoms with Crippen LogP contribution in [0.4, 0.5) is 10.5 Å². The Morgan fingerprint density at radius 1 is 1.08 bits per heavy atom. The van der Waals surface area contributed by atoms with E-state index in [0.29, 0.717) is 5.69 Å². The molecule has 2 rings (SSSR count). The Morgan fingerprint density at radius 3 is 2.17 bits per heavy atom. The third-order valence-corrected chi connectivity index (χ3v) is 4.64. The molecule has 6 nitrogen and oxygen atoms in total. The van der Waals surface area contributed by atoms with Gasteiger partial charge in [0.2, 0.25) is 6.34 Å². The van der Waals surface area contributed by atoms with Gasteiger partial charge < -0.3 is 4.74 Å². The van der Waals surface area contributed by atoms with Crippen LogP contribution in [0.3, 0.4) is 0 Å². The van der Waals surface area contributed by atoms with Crippen molar-refractivity contribution in [1.82, 2.24) is 4.48 Å². The maximum atomic E-state index is 12.4. The molecule has 1 atom stereocenters. The van der Waals surface area contributed by atoms with Crippen LogP contribution in [0.2, 0.25) is 0 Å². The van der Waals surface area contributed by atoms with Gasteiger partial charge in [0.25, 0.3) is 10.0 Å². The van der Waals surface area contributed by atoms with Crippen molar-refractivity contribution in [1.29, 1.82) is 0 Å². The summed E-state index contributed by atoms with van der Waals surface area (Å²) >= 11 is 0. The van der Waals surface area contributed by atoms with E-state index in [2.05, 4.69) is 4.40 Å². The lowest BCUT2D eigenvalue weighted by molar-refractivity contribution is 0.135. The summed E-state index contributed by atoms with van der Waals surface area (Å²) in [6.07, 6.45) is 0.464. The standard InChI is InChI=1S/C17H19N2O4S/c1-3-23-17(20)19(2,15-10-6-4-7-11-15)14-18-24(21,22)16-12-8-5-9-13-16/h4-14H,3H2,1-2H3/q+1/b18-14+. The molecule has 0 radical (unpaired) electrons. The molecule has 0 aliphatic rings. The molecule has 0 fully saturated rings. The molecule has 126 valence electrons. The van der Waals surface area contributed by atoms with Crippen LogP contribution in [0, 0.1) is 0 Å². The maximum absolute atomic E-state index is 12.4. The number of sulfonamides is 1. The summed E-state index contributed by atoms with van der Waals surface area (Å²) in [5.74, 6) is 0. The van der Waals surface area contributed by atoms with Crippen molar-refractivity contribution in [3.05, 3.63) is 60.7 Å². The van der Waals surface area contributed by atoms with Crippen molar-refractivity contribution in [2.24, 2.45) is 4.40 Å². The normalized spacial score (nSPS) is 14.2. The van der Waals surface area contributed by atoms with Gasteiger partial charge in [-0.05, 0) is 19.1 Å². The zero-order valence-electron chi connectivity index (χ0n) is 13.5. The highest BCUT2D eigenvalue weighted by atomic mass is 32.2. The van der Waals surface area contributed by atoms with Gasteiger partial charge >= 0.3 is 6.09 Å². The Kier molecular flexibility index (Phi) is 5.48. The number of nitrogens with zero attached hydrogens (tertiary/aromatic N) is 2. The highest BCUT2D eigenvalue weighted by Crippen LogP contribution is 2.21. The number of carbonyl (C=O) groups excluding carboxylic acids is 1. The van der Waals surface area contributed by atoms with E-state index < -0.39 is 20.6 Å². The fraction of sp³-hybridized carbons (Fsp3) is 0.176. The van der Waals surface area contributed by atoms with E-state index in [1.807, 2.05) is 0 Å². The summed E-state index contributed by atoms with van der Waals surface area (Å²) in [4.78, 5) is 12.4. The zero-order chi connectivity index (χ0) is 17.6. The predicted octanol–water partition coefficient (Wildman–Crippen LogP) is 3.20. The van der Waals surface area contributed by atoms with Gasteiger partial charge in [0.15, 0.2) is 0 Å². The van der Waals surface area contributed by atoms with Crippen molar-refractivity contribution in [3.63, 3.8) is 0 Å². The third kappa shape index (κ3) is 3.87. The largest absolute Gasteiger partial charge is 0.527 e. The molecule has 0 aliphatic heterocycles. The van der Waals surface area contributed by atoms with Crippen LogP contribution in [0.15, 0.2) is 70.0 Å². The Morgan fingerprint density at radius 2 is 1.62 bits per heavy atom. The van der Waals surface area contributed by atoms with Crippen LogP contribution in [0.1, 0.15) is 6.92 Å². The Balaban J connectivity index is 2.44. The maximum Gasteiger partial charge on any atom is 0.527 e. The van der Waals surface area contributed by atoms with Crippen LogP contribution < -0.4 is 4.48 Å². The van der Waals surface area contributed by atoms with E-state index in [1.54, 1.807) is 55.5 Å². The molecule has 0 N–H and O–H groups in total. The quantitative estimate of drug-likeness (QED) is 0.473. The fourth-order valence-electron chi connectivity index (χ4n) is 2.02. The molecular weight excluding hydrogens is 328 g/mol. The van der Waals surface area contributed by atoms with Gasteiger partial charge in [-0.2, -0.15) is 13.2 Å². The second-order valence-corrected chi connectivity index (χ2v) is 6.75. The molecule has 0 aliphatic carbocycles. The predicted molar refractivity (Wildman–Crippen MR) is 93.3 cm³/mol. The Bertz CT molecular complexity index is 820. The molecule has 1 unspecified atom stereocenters. The number of ether oxygens (including phenoxy) is 1. The van der Waals surface area contributed by atoms with Gasteiger partial charge in [0, 0.05) is 12.1 Å². The highest BCUT2D eigenvalue weighted by molar-refractivity contribution is 7.90. The number of hydrogen-bond donors (Lipinski definition) is 0. The number of para-hydroxylation sites is 1. The lowest BCUT2D eigenvalue weighted by Gasteiger charge is -2.24. The minimum Gasteiger partial charge on any atom is -0.420 e. The first kappa shape index (κ1) is 17.8. The molecule has 2 aromatic carbocycles. The van der Waals surface area contributed by atoms with Gasteiger partial charge in [-0.3, -0.25) is 0 Å². The van der Waals surface area contributed by atoms with Crippen LogP contribution in [-0.2, 0) is 14.8 Å². The van der Waals surface area contributed by atoms with Crippen molar-refractivity contribution in [2.45, 2.75) is 11.8 Å². The number of rotatable bonds is 5. The summed E-state index contributed by atoms with van der Waals surface area (Å²) in [6.45, 7) is 1.86. The molecule has 24 heavy (non-hydrogen) atoms. The Labute approximate surface area is 141 Å². The van der Waals surface area contributed by atoms with Crippen LogP contribution in [0.25, 0.3) is 0 Å². The van der Waals surface area contributed by atoms with Crippen LogP contribution >= 0.6 is 0 Å². The molecule has 0 bridgehead atoms. The molecule has 1 amide bonds. The van der Waals surface area contributed by atoms with Gasteiger partial charge in [0.1, 0.15) is 5.69 Å². The molecule has 2 aromatic rings. The first-order valence-corrected chi connectivity index (χ1v) is 8.80. The molecular formula is C17H19N2O4S+. The monoisotopic (exact) mass is 347 g/mol. The summed E-state index contributed by atoms with van der Waals surface area (Å²) in [6, 6.07) is 16.6. The first-order chi connectivity index (χ1) is 11.4. The SMILES string of the molecule is CCOC(=O)[N+](C)(/C=N/S(=O)(=O)c1ccccc1)c1ccccc1. The van der Waals surface area contributed by atoms with E-state index in [9.17, 15) is 13.2 Å². The van der Waals surface area contributed by atoms with E-state index in [0.717, 1.165) is 6.34 Å². The van der Waals surface area contributed by atoms with Gasteiger partial charge in [-0.15, -0.1) is 8.88 Å². The number of carbonyl (C=O) groups is 1. The topological polar surface area (TPSA) is 72.8 Å². The molecule has 0 heterocycles. The molecule has 0 saturated carbocycles. The van der Waals surface area contributed by atoms with E-state index in [-0.39, 0.29) is 11.5 Å². The molecule has 0 spiro atoms. The highest BCUT2D eigenvalue weighted by Gasteiger charge is 2.36. The Hall–Kier alpha value is -2.51. The van der Waals surface area contributed by atoms with E-state index >= 15 is 0 Å². The second-order valence-electron chi connectivity index (χ2n) is 5.12. The molecule has 0 aromatic heterocycles. The van der Waals surface area contributed by atoms with Crippen molar-refractivity contribution in [2.75, 3.05) is 13.7 Å². The number of amides is 1. The molecule has 7 heteroatoms. The number of benzene rings is 2. The van der Waals surface area contributed by atoms with Crippen LogP contribution in [-0.4, -0.2) is 34.5 Å². The van der Waals surface area contributed by atoms with E-state index in [1.165, 1.54) is 19.2 Å². The smallest absolute Gasteiger partial charge is 0.420 e. The first-order valence-electron chi connectivity index (χ1n) is 7.36. The zero-order valence-corrected chi connectivity index (χ0v) is 14.3. The third-order valence-electron chi connectivity index (χ3n) is 3.40. The van der Waals surface area contributed by atoms with Crippen molar-refractivity contribution >= 4 is 28.1 Å². The van der Waals surface area contributed by atoms with Crippen molar-refractivity contribution < 1.29 is 17.9 Å². The van der Waals surface area contributed by atoms with E-state index in [4.69, 9.17) is 4.74 Å². The summed E-state index contributed by atoms with van der Waals surface area (Å²) in [5.41, 5.74) is 0.544. The number of quaternary nitrogens is 1. The number of hydrogen-bond acceptors (Lipinski definition) is 4. The van der Waals surface area contributed by atoms with Gasteiger partial charge in [-0.1, -0.05) is 36.4 Å². The van der Waals surface area contributed by atoms with Crippen molar-refractivity contribution in [3.8, 4) is 0 Å². The average Bonchev–Trinajstić information content (AvgIpc) is 2.61. The minimum absolute atomic E-state index is 0.0599. The second kappa shape index (κ2) is 7.37. The van der Waals surface area contributed by atoms with Gasteiger partial charge in [-0.25, -0.2) is 0 Å². The summed E-state index contributed by atoms with van der Waals surface area (Å²) in [5, 5.41) is 0. The summed E-state index contributed by atoms with van der Waals surface area (Å²) in [7, 11) is -2.38. The summed E-state index contributed by atoms with van der Waals surface area (Å²) < 4.78 is 32.9. The molecule has 0 saturated heterocycles. The average molecular weight is 347 g/mol. The lowest BCUT2D eigenvalue weighted by Crippen LogP contribution is -2.50. The minimum atomic E-state index is -3.90. The fourth-order valence-corrected chi connectivity index (χ4v) is 2.96. The van der Waals surface area contributed by atoms with Crippen LogP contribution in [0.5, 0.6) is 0 Å². The van der Waals surface area contributed by atoms with Gasteiger partial charge in [0.05, 0.1) is 18.6 Å².